The van der Waals surface area contributed by atoms with Crippen molar-refractivity contribution in [1.29, 1.82) is 5.26 Å². The Hall–Kier alpha value is -1.57. The average Bonchev–Trinajstić information content (AvgIpc) is 2.86. The van der Waals surface area contributed by atoms with E-state index in [9.17, 15) is 10.4 Å². The molecule has 0 aliphatic carbocycles. The van der Waals surface area contributed by atoms with E-state index in [1.165, 1.54) is 0 Å². The topological polar surface area (TPSA) is 65.3 Å². The number of hydrogen-bond donors (Lipinski definition) is 2. The Morgan fingerprint density at radius 2 is 2.17 bits per heavy atom. The average molecular weight is 244 g/mol. The van der Waals surface area contributed by atoms with Gasteiger partial charge in [0.15, 0.2) is 0 Å². The first kappa shape index (κ1) is 11.5. The number of fused-ring (bicyclic) bond motifs is 1. The first-order valence-electron chi connectivity index (χ1n) is 6.29. The standard InChI is InChI=1S/C14H16N2O2/c15-9-13(14(17)5-7-16-10-14)6-8-18-12-4-2-1-3-11(12)13/h1-4,16-17H,5-8,10H2. The Kier molecular flexibility index (Phi) is 2.54. The minimum absolute atomic E-state index is 0.467. The molecule has 2 aliphatic heterocycles. The molecule has 2 heterocycles. The number of nitriles is 1. The van der Waals surface area contributed by atoms with Crippen molar-refractivity contribution < 1.29 is 9.84 Å². The van der Waals surface area contributed by atoms with E-state index in [0.29, 0.717) is 26.0 Å². The van der Waals surface area contributed by atoms with Gasteiger partial charge >= 0.3 is 0 Å². The SMILES string of the molecule is N#CC1(C2(O)CCNC2)CCOc2ccccc21. The highest BCUT2D eigenvalue weighted by molar-refractivity contribution is 5.48. The van der Waals surface area contributed by atoms with Crippen molar-refractivity contribution in [2.24, 2.45) is 0 Å². The highest BCUT2D eigenvalue weighted by atomic mass is 16.5. The molecule has 2 unspecified atom stereocenters. The summed E-state index contributed by atoms with van der Waals surface area (Å²) in [7, 11) is 0. The Labute approximate surface area is 106 Å². The Morgan fingerprint density at radius 1 is 1.33 bits per heavy atom. The van der Waals surface area contributed by atoms with Crippen molar-refractivity contribution >= 4 is 0 Å². The van der Waals surface area contributed by atoms with Gasteiger partial charge < -0.3 is 15.2 Å². The molecule has 0 spiro atoms. The van der Waals surface area contributed by atoms with E-state index >= 15 is 0 Å². The summed E-state index contributed by atoms with van der Waals surface area (Å²) in [6.45, 7) is 1.70. The maximum atomic E-state index is 10.9. The molecule has 0 bridgehead atoms. The Balaban J connectivity index is 2.16. The Morgan fingerprint density at radius 3 is 2.89 bits per heavy atom. The van der Waals surface area contributed by atoms with Crippen molar-refractivity contribution in [3.63, 3.8) is 0 Å². The summed E-state index contributed by atoms with van der Waals surface area (Å²) >= 11 is 0. The number of nitrogens with one attached hydrogen (secondary N) is 1. The number of rotatable bonds is 1. The summed E-state index contributed by atoms with van der Waals surface area (Å²) in [5.41, 5.74) is -1.03. The summed E-state index contributed by atoms with van der Waals surface area (Å²) < 4.78 is 5.60. The number of aliphatic hydroxyl groups is 1. The zero-order chi connectivity index (χ0) is 12.6. The van der Waals surface area contributed by atoms with Crippen LogP contribution in [0.3, 0.4) is 0 Å². The minimum atomic E-state index is -0.998. The largest absolute Gasteiger partial charge is 0.493 e. The molecule has 1 fully saturated rings. The van der Waals surface area contributed by atoms with Gasteiger partial charge in [0.25, 0.3) is 0 Å². The first-order valence-corrected chi connectivity index (χ1v) is 6.29. The van der Waals surface area contributed by atoms with E-state index in [2.05, 4.69) is 11.4 Å². The maximum Gasteiger partial charge on any atom is 0.124 e. The summed E-state index contributed by atoms with van der Waals surface area (Å²) in [5.74, 6) is 0.727. The van der Waals surface area contributed by atoms with Crippen LogP contribution in [-0.4, -0.2) is 30.4 Å². The molecule has 2 N–H and O–H groups in total. The molecule has 0 saturated carbocycles. The second-order valence-corrected chi connectivity index (χ2v) is 5.07. The molecular formula is C14H16N2O2. The van der Waals surface area contributed by atoms with Crippen LogP contribution in [0.5, 0.6) is 5.75 Å². The lowest BCUT2D eigenvalue weighted by atomic mass is 9.64. The molecule has 1 saturated heterocycles. The van der Waals surface area contributed by atoms with Crippen molar-refractivity contribution in [1.82, 2.24) is 5.32 Å². The van der Waals surface area contributed by atoms with E-state index in [-0.39, 0.29) is 0 Å². The molecule has 4 nitrogen and oxygen atoms in total. The van der Waals surface area contributed by atoms with Crippen LogP contribution < -0.4 is 10.1 Å². The van der Waals surface area contributed by atoms with Crippen LogP contribution in [0.1, 0.15) is 18.4 Å². The highest BCUT2D eigenvalue weighted by Crippen LogP contribution is 2.47. The smallest absolute Gasteiger partial charge is 0.124 e. The van der Waals surface area contributed by atoms with Gasteiger partial charge in [-0.25, -0.2) is 0 Å². The molecule has 3 rings (SSSR count). The number of para-hydroxylation sites is 1. The second-order valence-electron chi connectivity index (χ2n) is 5.07. The molecule has 1 aromatic carbocycles. The van der Waals surface area contributed by atoms with Gasteiger partial charge in [0.05, 0.1) is 12.7 Å². The van der Waals surface area contributed by atoms with Gasteiger partial charge in [-0.3, -0.25) is 0 Å². The third kappa shape index (κ3) is 1.38. The summed E-state index contributed by atoms with van der Waals surface area (Å²) in [5, 5.41) is 23.8. The van der Waals surface area contributed by atoms with Crippen LogP contribution in [0.15, 0.2) is 24.3 Å². The van der Waals surface area contributed by atoms with Crippen molar-refractivity contribution in [3.05, 3.63) is 29.8 Å². The summed E-state index contributed by atoms with van der Waals surface area (Å²) in [6.07, 6.45) is 1.15. The lowest BCUT2D eigenvalue weighted by molar-refractivity contribution is -0.0143. The van der Waals surface area contributed by atoms with Crippen LogP contribution in [0, 0.1) is 11.3 Å². The maximum absolute atomic E-state index is 10.9. The number of nitrogens with zero attached hydrogens (tertiary/aromatic N) is 1. The fraction of sp³-hybridized carbons (Fsp3) is 0.500. The Bertz CT molecular complexity index is 503. The van der Waals surface area contributed by atoms with Gasteiger partial charge in [-0.05, 0) is 19.0 Å². The summed E-state index contributed by atoms with van der Waals surface area (Å²) in [4.78, 5) is 0. The van der Waals surface area contributed by atoms with Crippen LogP contribution in [0.4, 0.5) is 0 Å². The first-order chi connectivity index (χ1) is 8.72. The number of ether oxygens (including phenoxy) is 1. The third-order valence-electron chi connectivity index (χ3n) is 4.20. The lowest BCUT2D eigenvalue weighted by Crippen LogP contribution is -2.54. The molecule has 2 atom stereocenters. The van der Waals surface area contributed by atoms with Gasteiger partial charge in [0, 0.05) is 18.5 Å². The molecule has 18 heavy (non-hydrogen) atoms. The van der Waals surface area contributed by atoms with Gasteiger partial charge in [0.2, 0.25) is 0 Å². The van der Waals surface area contributed by atoms with E-state index in [1.807, 2.05) is 24.3 Å². The van der Waals surface area contributed by atoms with E-state index in [4.69, 9.17) is 4.74 Å². The zero-order valence-corrected chi connectivity index (χ0v) is 10.1. The van der Waals surface area contributed by atoms with Crippen LogP contribution >= 0.6 is 0 Å². The minimum Gasteiger partial charge on any atom is -0.493 e. The molecule has 2 aliphatic rings. The lowest BCUT2D eigenvalue weighted by Gasteiger charge is -2.43. The second kappa shape index (κ2) is 3.98. The molecule has 0 aromatic heterocycles. The van der Waals surface area contributed by atoms with Gasteiger partial charge in [-0.15, -0.1) is 0 Å². The predicted octanol–water partition coefficient (Wildman–Crippen LogP) is 0.955. The molecule has 94 valence electrons. The summed E-state index contributed by atoms with van der Waals surface area (Å²) in [6, 6.07) is 9.94. The van der Waals surface area contributed by atoms with Gasteiger partial charge in [0.1, 0.15) is 16.8 Å². The predicted molar refractivity (Wildman–Crippen MR) is 66.3 cm³/mol. The highest BCUT2D eigenvalue weighted by Gasteiger charge is 2.55. The molecule has 0 amide bonds. The molecule has 1 aromatic rings. The van der Waals surface area contributed by atoms with Crippen LogP contribution in [-0.2, 0) is 5.41 Å². The van der Waals surface area contributed by atoms with E-state index < -0.39 is 11.0 Å². The molecular weight excluding hydrogens is 228 g/mol. The fourth-order valence-electron chi connectivity index (χ4n) is 3.14. The van der Waals surface area contributed by atoms with E-state index in [1.54, 1.807) is 0 Å². The van der Waals surface area contributed by atoms with Crippen LogP contribution in [0.2, 0.25) is 0 Å². The van der Waals surface area contributed by atoms with Crippen LogP contribution in [0.25, 0.3) is 0 Å². The molecule has 4 heteroatoms. The third-order valence-corrected chi connectivity index (χ3v) is 4.20. The van der Waals surface area contributed by atoms with Crippen molar-refractivity contribution in [2.75, 3.05) is 19.7 Å². The van der Waals surface area contributed by atoms with Crippen molar-refractivity contribution in [2.45, 2.75) is 23.9 Å². The monoisotopic (exact) mass is 244 g/mol. The normalized spacial score (nSPS) is 34.4. The molecule has 0 radical (unpaired) electrons. The van der Waals surface area contributed by atoms with Crippen molar-refractivity contribution in [3.8, 4) is 11.8 Å². The quantitative estimate of drug-likeness (QED) is 0.772. The van der Waals surface area contributed by atoms with E-state index in [0.717, 1.165) is 17.9 Å². The van der Waals surface area contributed by atoms with Gasteiger partial charge in [-0.2, -0.15) is 5.26 Å². The van der Waals surface area contributed by atoms with Gasteiger partial charge in [-0.1, -0.05) is 18.2 Å². The number of β-amino-alcohol motifs (C(OH)–C–C–N with tert-alkyl or cyclic N) is 1. The number of hydrogen-bond acceptors (Lipinski definition) is 4. The fourth-order valence-corrected chi connectivity index (χ4v) is 3.14. The number of benzene rings is 1. The zero-order valence-electron chi connectivity index (χ0n) is 10.1.